The Morgan fingerprint density at radius 1 is 1.32 bits per heavy atom. The summed E-state index contributed by atoms with van der Waals surface area (Å²) in [7, 11) is 0. The lowest BCUT2D eigenvalue weighted by molar-refractivity contribution is -0.143. The summed E-state index contributed by atoms with van der Waals surface area (Å²) in [5.41, 5.74) is 0. The Kier molecular flexibility index (Phi) is 5.09. The fraction of sp³-hybridized carbons (Fsp3) is 1.00. The zero-order chi connectivity index (χ0) is 13.9. The fourth-order valence-corrected chi connectivity index (χ4v) is 2.99. The highest BCUT2D eigenvalue weighted by molar-refractivity contribution is 4.81. The lowest BCUT2D eigenvalue weighted by Gasteiger charge is -2.29. The molecule has 2 aliphatic rings. The van der Waals surface area contributed by atoms with Crippen LogP contribution in [0, 0.1) is 5.92 Å². The predicted octanol–water partition coefficient (Wildman–Crippen LogP) is 2.03. The van der Waals surface area contributed by atoms with E-state index in [-0.39, 0.29) is 6.10 Å². The molecule has 0 radical (unpaired) electrons. The van der Waals surface area contributed by atoms with E-state index in [0.29, 0.717) is 25.0 Å². The molecule has 0 aliphatic carbocycles. The van der Waals surface area contributed by atoms with Crippen molar-refractivity contribution in [3.05, 3.63) is 0 Å². The van der Waals surface area contributed by atoms with Crippen LogP contribution in [0.5, 0.6) is 0 Å². The van der Waals surface area contributed by atoms with Gasteiger partial charge >= 0.3 is 6.18 Å². The minimum atomic E-state index is -4.07. The van der Waals surface area contributed by atoms with E-state index in [1.54, 1.807) is 0 Å². The van der Waals surface area contributed by atoms with Gasteiger partial charge in [-0.3, -0.25) is 4.90 Å². The van der Waals surface area contributed by atoms with Gasteiger partial charge in [0.2, 0.25) is 0 Å². The van der Waals surface area contributed by atoms with E-state index in [1.165, 1.54) is 4.90 Å². The van der Waals surface area contributed by atoms with Crippen LogP contribution in [0.4, 0.5) is 13.2 Å². The molecule has 1 N–H and O–H groups in total. The lowest BCUT2D eigenvalue weighted by atomic mass is 10.0. The third kappa shape index (κ3) is 5.28. The molecule has 2 saturated heterocycles. The summed E-state index contributed by atoms with van der Waals surface area (Å²) in [6.07, 6.45) is -0.917. The molecule has 6 heteroatoms. The molecule has 2 rings (SSSR count). The normalized spacial score (nSPS) is 33.8. The topological polar surface area (TPSA) is 24.5 Å². The van der Waals surface area contributed by atoms with Crippen molar-refractivity contribution < 1.29 is 17.9 Å². The van der Waals surface area contributed by atoms with Gasteiger partial charge < -0.3 is 10.1 Å². The Hall–Kier alpha value is -0.330. The fourth-order valence-electron chi connectivity index (χ4n) is 2.99. The van der Waals surface area contributed by atoms with Crippen molar-refractivity contribution in [1.82, 2.24) is 10.2 Å². The van der Waals surface area contributed by atoms with Crippen molar-refractivity contribution in [2.24, 2.45) is 5.92 Å². The van der Waals surface area contributed by atoms with Crippen molar-refractivity contribution in [2.45, 2.75) is 44.5 Å². The first-order valence-corrected chi connectivity index (χ1v) is 7.06. The molecule has 3 atom stereocenters. The molecule has 0 aromatic heterocycles. The average Bonchev–Trinajstić information content (AvgIpc) is 2.72. The summed E-state index contributed by atoms with van der Waals surface area (Å²) < 4.78 is 42.3. The molecule has 0 amide bonds. The average molecular weight is 280 g/mol. The van der Waals surface area contributed by atoms with Crippen LogP contribution in [-0.2, 0) is 4.74 Å². The van der Waals surface area contributed by atoms with E-state index in [4.69, 9.17) is 4.74 Å². The van der Waals surface area contributed by atoms with Gasteiger partial charge in [-0.05, 0) is 45.2 Å². The summed E-state index contributed by atoms with van der Waals surface area (Å²) >= 11 is 0. The van der Waals surface area contributed by atoms with E-state index >= 15 is 0 Å². The Bertz CT molecular complexity index is 286. The van der Waals surface area contributed by atoms with Gasteiger partial charge in [-0.15, -0.1) is 0 Å². The van der Waals surface area contributed by atoms with Crippen LogP contribution >= 0.6 is 0 Å². The number of nitrogens with zero attached hydrogens (tertiary/aromatic N) is 1. The van der Waals surface area contributed by atoms with Gasteiger partial charge in [-0.2, -0.15) is 13.2 Å². The number of ether oxygens (including phenoxy) is 1. The molecule has 0 aromatic carbocycles. The molecule has 2 heterocycles. The number of hydrogen-bond donors (Lipinski definition) is 1. The third-order valence-electron chi connectivity index (χ3n) is 3.95. The van der Waals surface area contributed by atoms with Gasteiger partial charge in [-0.25, -0.2) is 0 Å². The highest BCUT2D eigenvalue weighted by Crippen LogP contribution is 2.23. The molecule has 2 aliphatic heterocycles. The molecular formula is C13H23F3N2O. The maximum Gasteiger partial charge on any atom is 0.401 e. The van der Waals surface area contributed by atoms with Crippen molar-refractivity contribution in [2.75, 3.05) is 32.8 Å². The molecule has 2 fully saturated rings. The third-order valence-corrected chi connectivity index (χ3v) is 3.95. The second-order valence-corrected chi connectivity index (χ2v) is 5.82. The van der Waals surface area contributed by atoms with Crippen molar-refractivity contribution in [3.8, 4) is 0 Å². The molecule has 112 valence electrons. The van der Waals surface area contributed by atoms with Crippen molar-refractivity contribution in [3.63, 3.8) is 0 Å². The lowest BCUT2D eigenvalue weighted by Crippen LogP contribution is -2.41. The second kappa shape index (κ2) is 6.41. The maximum atomic E-state index is 12.3. The largest absolute Gasteiger partial charge is 0.401 e. The minimum absolute atomic E-state index is 0.288. The SMILES string of the molecule is CC1CC(NCC2CCN(CC(F)(F)F)C2)CCO1. The van der Waals surface area contributed by atoms with Gasteiger partial charge in [0, 0.05) is 19.2 Å². The summed E-state index contributed by atoms with van der Waals surface area (Å²) in [5.74, 6) is 0.348. The monoisotopic (exact) mass is 280 g/mol. The molecule has 0 spiro atoms. The van der Waals surface area contributed by atoms with Crippen LogP contribution in [0.3, 0.4) is 0 Å². The van der Waals surface area contributed by atoms with Gasteiger partial charge in [0.15, 0.2) is 0 Å². The van der Waals surface area contributed by atoms with E-state index in [2.05, 4.69) is 12.2 Å². The zero-order valence-corrected chi connectivity index (χ0v) is 11.4. The molecule has 0 bridgehead atoms. The first-order chi connectivity index (χ1) is 8.92. The molecule has 0 aromatic rings. The van der Waals surface area contributed by atoms with Crippen molar-refractivity contribution in [1.29, 1.82) is 0 Å². The standard InChI is InChI=1S/C13H23F3N2O/c1-10-6-12(3-5-19-10)17-7-11-2-4-18(8-11)9-13(14,15)16/h10-12,17H,2-9H2,1H3. The van der Waals surface area contributed by atoms with E-state index < -0.39 is 12.7 Å². The Labute approximate surface area is 112 Å². The van der Waals surface area contributed by atoms with E-state index in [0.717, 1.165) is 32.4 Å². The molecule has 3 nitrogen and oxygen atoms in total. The highest BCUT2D eigenvalue weighted by atomic mass is 19.4. The number of alkyl halides is 3. The minimum Gasteiger partial charge on any atom is -0.378 e. The summed E-state index contributed by atoms with van der Waals surface area (Å²) in [4.78, 5) is 1.51. The number of rotatable bonds is 4. The van der Waals surface area contributed by atoms with Crippen LogP contribution in [-0.4, -0.2) is 56.0 Å². The Morgan fingerprint density at radius 2 is 2.11 bits per heavy atom. The first kappa shape index (κ1) is 15.1. The van der Waals surface area contributed by atoms with Crippen molar-refractivity contribution >= 4 is 0 Å². The summed E-state index contributed by atoms with van der Waals surface area (Å²) in [5, 5.41) is 3.49. The number of halogens is 3. The molecule has 19 heavy (non-hydrogen) atoms. The molecular weight excluding hydrogens is 257 g/mol. The maximum absolute atomic E-state index is 12.3. The summed E-state index contributed by atoms with van der Waals surface area (Å²) in [6, 6.07) is 0.459. The Balaban J connectivity index is 1.65. The second-order valence-electron chi connectivity index (χ2n) is 5.82. The van der Waals surface area contributed by atoms with Gasteiger partial charge in [0.1, 0.15) is 0 Å². The van der Waals surface area contributed by atoms with Crippen LogP contribution < -0.4 is 5.32 Å². The number of nitrogens with one attached hydrogen (secondary N) is 1. The van der Waals surface area contributed by atoms with E-state index in [9.17, 15) is 13.2 Å². The molecule has 0 saturated carbocycles. The highest BCUT2D eigenvalue weighted by Gasteiger charge is 2.34. The van der Waals surface area contributed by atoms with Gasteiger partial charge in [-0.1, -0.05) is 0 Å². The first-order valence-electron chi connectivity index (χ1n) is 7.06. The van der Waals surface area contributed by atoms with Gasteiger partial charge in [0.05, 0.1) is 12.6 Å². The smallest absolute Gasteiger partial charge is 0.378 e. The van der Waals surface area contributed by atoms with Crippen LogP contribution in [0.25, 0.3) is 0 Å². The molecule has 3 unspecified atom stereocenters. The summed E-state index contributed by atoms with van der Waals surface area (Å²) in [6.45, 7) is 4.03. The Morgan fingerprint density at radius 3 is 2.79 bits per heavy atom. The number of likely N-dealkylation sites (tertiary alicyclic amines) is 1. The van der Waals surface area contributed by atoms with Crippen LogP contribution in [0.1, 0.15) is 26.2 Å². The van der Waals surface area contributed by atoms with Crippen LogP contribution in [0.15, 0.2) is 0 Å². The van der Waals surface area contributed by atoms with Gasteiger partial charge in [0.25, 0.3) is 0 Å². The quantitative estimate of drug-likeness (QED) is 0.853. The number of hydrogen-bond acceptors (Lipinski definition) is 3. The predicted molar refractivity (Wildman–Crippen MR) is 67.0 cm³/mol. The van der Waals surface area contributed by atoms with Crippen LogP contribution in [0.2, 0.25) is 0 Å². The van der Waals surface area contributed by atoms with E-state index in [1.807, 2.05) is 0 Å². The zero-order valence-electron chi connectivity index (χ0n) is 11.4.